The van der Waals surface area contributed by atoms with E-state index in [0.717, 1.165) is 13.0 Å². The normalized spacial score (nSPS) is 29.8. The molecule has 1 aliphatic rings. The Morgan fingerprint density at radius 3 is 2.92 bits per heavy atom. The van der Waals surface area contributed by atoms with E-state index in [1.54, 1.807) is 11.3 Å². The quantitative estimate of drug-likeness (QED) is 0.839. The first-order chi connectivity index (χ1) is 6.20. The first kappa shape index (κ1) is 9.65. The molecule has 1 aromatic rings. The van der Waals surface area contributed by atoms with E-state index in [2.05, 4.69) is 39.3 Å². The molecular weight excluding hydrogens is 248 g/mol. The van der Waals surface area contributed by atoms with Crippen LogP contribution in [0, 0.1) is 0 Å². The molecule has 1 aliphatic heterocycles. The number of hydrogen-bond acceptors (Lipinski definition) is 3. The van der Waals surface area contributed by atoms with E-state index >= 15 is 0 Å². The van der Waals surface area contributed by atoms with Gasteiger partial charge in [0.15, 0.2) is 0 Å². The van der Waals surface area contributed by atoms with Crippen LogP contribution >= 0.6 is 27.3 Å². The first-order valence-electron chi connectivity index (χ1n) is 4.39. The van der Waals surface area contributed by atoms with Gasteiger partial charge in [0.25, 0.3) is 0 Å². The van der Waals surface area contributed by atoms with Gasteiger partial charge in [0.1, 0.15) is 0 Å². The molecule has 2 atom stereocenters. The molecule has 2 unspecified atom stereocenters. The van der Waals surface area contributed by atoms with E-state index in [-0.39, 0.29) is 0 Å². The highest BCUT2D eigenvalue weighted by molar-refractivity contribution is 9.10. The largest absolute Gasteiger partial charge is 0.326 e. The third kappa shape index (κ3) is 1.68. The Hall–Kier alpha value is 0.100. The van der Waals surface area contributed by atoms with Crippen molar-refractivity contribution in [1.82, 2.24) is 4.90 Å². The van der Waals surface area contributed by atoms with E-state index in [0.29, 0.717) is 12.1 Å². The highest BCUT2D eigenvalue weighted by Gasteiger charge is 2.32. The van der Waals surface area contributed by atoms with Crippen molar-refractivity contribution in [1.29, 1.82) is 0 Å². The summed E-state index contributed by atoms with van der Waals surface area (Å²) in [7, 11) is 2.14. The van der Waals surface area contributed by atoms with Crippen molar-refractivity contribution < 1.29 is 0 Å². The van der Waals surface area contributed by atoms with Crippen molar-refractivity contribution in [2.75, 3.05) is 13.6 Å². The first-order valence-corrected chi connectivity index (χ1v) is 6.06. The number of nitrogens with zero attached hydrogens (tertiary/aromatic N) is 1. The number of hydrogen-bond donors (Lipinski definition) is 1. The van der Waals surface area contributed by atoms with Crippen LogP contribution in [-0.2, 0) is 0 Å². The van der Waals surface area contributed by atoms with Crippen LogP contribution in [0.1, 0.15) is 17.3 Å². The highest BCUT2D eigenvalue weighted by atomic mass is 79.9. The van der Waals surface area contributed by atoms with Gasteiger partial charge in [-0.15, -0.1) is 11.3 Å². The molecule has 0 amide bonds. The van der Waals surface area contributed by atoms with E-state index < -0.39 is 0 Å². The molecule has 2 nitrogen and oxygen atoms in total. The molecule has 2 N–H and O–H groups in total. The molecule has 13 heavy (non-hydrogen) atoms. The van der Waals surface area contributed by atoms with E-state index in [4.69, 9.17) is 5.73 Å². The SMILES string of the molecule is CN1CCC(N)C1c1sccc1Br. The smallest absolute Gasteiger partial charge is 0.0602 e. The van der Waals surface area contributed by atoms with Crippen molar-refractivity contribution in [3.05, 3.63) is 20.8 Å². The monoisotopic (exact) mass is 260 g/mol. The number of halogens is 1. The third-order valence-corrected chi connectivity index (χ3v) is 4.55. The zero-order chi connectivity index (χ0) is 9.42. The van der Waals surface area contributed by atoms with E-state index in [9.17, 15) is 0 Å². The van der Waals surface area contributed by atoms with Crippen LogP contribution in [0.2, 0.25) is 0 Å². The lowest BCUT2D eigenvalue weighted by Gasteiger charge is -2.21. The molecule has 0 radical (unpaired) electrons. The van der Waals surface area contributed by atoms with Gasteiger partial charge in [0.2, 0.25) is 0 Å². The van der Waals surface area contributed by atoms with Gasteiger partial charge in [-0.2, -0.15) is 0 Å². The van der Waals surface area contributed by atoms with Crippen molar-refractivity contribution >= 4 is 27.3 Å². The summed E-state index contributed by atoms with van der Waals surface area (Å²) in [5.41, 5.74) is 6.07. The van der Waals surface area contributed by atoms with E-state index in [1.807, 2.05) is 0 Å². The fourth-order valence-electron chi connectivity index (χ4n) is 1.89. The van der Waals surface area contributed by atoms with Crippen molar-refractivity contribution in [2.24, 2.45) is 5.73 Å². The molecule has 2 heterocycles. The van der Waals surface area contributed by atoms with Gasteiger partial charge in [-0.05, 0) is 40.8 Å². The third-order valence-electron chi connectivity index (χ3n) is 2.61. The molecule has 1 aromatic heterocycles. The summed E-state index contributed by atoms with van der Waals surface area (Å²) >= 11 is 5.35. The molecule has 1 saturated heterocycles. The van der Waals surface area contributed by atoms with Gasteiger partial charge in [-0.1, -0.05) is 0 Å². The predicted octanol–water partition coefficient (Wildman–Crippen LogP) is 2.21. The summed E-state index contributed by atoms with van der Waals surface area (Å²) in [5, 5.41) is 2.11. The maximum absolute atomic E-state index is 6.07. The Balaban J connectivity index is 2.29. The minimum Gasteiger partial charge on any atom is -0.326 e. The molecule has 1 fully saturated rings. The summed E-state index contributed by atoms with van der Waals surface area (Å²) in [5.74, 6) is 0. The molecule has 0 saturated carbocycles. The Morgan fingerprint density at radius 2 is 2.46 bits per heavy atom. The van der Waals surface area contributed by atoms with Crippen LogP contribution in [0.4, 0.5) is 0 Å². The minimum absolute atomic E-state index is 0.292. The van der Waals surface area contributed by atoms with Crippen LogP contribution in [0.3, 0.4) is 0 Å². The standard InChI is InChI=1S/C9H13BrN2S/c1-12-4-2-7(11)8(12)9-6(10)3-5-13-9/h3,5,7-8H,2,4,11H2,1H3. The Kier molecular flexibility index (Phi) is 2.74. The Morgan fingerprint density at radius 1 is 1.69 bits per heavy atom. The van der Waals surface area contributed by atoms with E-state index in [1.165, 1.54) is 9.35 Å². The van der Waals surface area contributed by atoms with Gasteiger partial charge in [-0.25, -0.2) is 0 Å². The second-order valence-corrected chi connectivity index (χ2v) is 5.31. The highest BCUT2D eigenvalue weighted by Crippen LogP contribution is 2.37. The molecule has 4 heteroatoms. The van der Waals surface area contributed by atoms with Gasteiger partial charge in [0, 0.05) is 21.9 Å². The van der Waals surface area contributed by atoms with Crippen LogP contribution < -0.4 is 5.73 Å². The predicted molar refractivity (Wildman–Crippen MR) is 60.0 cm³/mol. The summed E-state index contributed by atoms with van der Waals surface area (Å²) in [6, 6.07) is 2.80. The summed E-state index contributed by atoms with van der Waals surface area (Å²) in [4.78, 5) is 3.70. The lowest BCUT2D eigenvalue weighted by Crippen LogP contribution is -2.29. The van der Waals surface area contributed by atoms with Crippen LogP contribution in [0.25, 0.3) is 0 Å². The Labute approximate surface area is 90.9 Å². The summed E-state index contributed by atoms with van der Waals surface area (Å²) < 4.78 is 1.20. The number of likely N-dealkylation sites (tertiary alicyclic amines) is 1. The summed E-state index contributed by atoms with van der Waals surface area (Å²) in [6.07, 6.45) is 1.10. The minimum atomic E-state index is 0.292. The zero-order valence-electron chi connectivity index (χ0n) is 7.53. The second-order valence-electron chi connectivity index (χ2n) is 3.51. The van der Waals surface area contributed by atoms with Crippen molar-refractivity contribution in [3.8, 4) is 0 Å². The molecular formula is C9H13BrN2S. The fourth-order valence-corrected chi connectivity index (χ4v) is 3.74. The summed E-state index contributed by atoms with van der Waals surface area (Å²) in [6.45, 7) is 1.11. The number of nitrogens with two attached hydrogens (primary N) is 1. The van der Waals surface area contributed by atoms with Gasteiger partial charge < -0.3 is 5.73 Å². The second kappa shape index (κ2) is 3.69. The molecule has 0 bridgehead atoms. The number of likely N-dealkylation sites (N-methyl/N-ethyl adjacent to an activating group) is 1. The van der Waals surface area contributed by atoms with Crippen molar-refractivity contribution in [2.45, 2.75) is 18.5 Å². The van der Waals surface area contributed by atoms with Gasteiger partial charge >= 0.3 is 0 Å². The average molecular weight is 261 g/mol. The topological polar surface area (TPSA) is 29.3 Å². The average Bonchev–Trinajstić information content (AvgIpc) is 2.60. The zero-order valence-corrected chi connectivity index (χ0v) is 9.94. The number of thiophene rings is 1. The Bertz CT molecular complexity index is 290. The molecule has 2 rings (SSSR count). The molecule has 72 valence electrons. The van der Waals surface area contributed by atoms with Crippen LogP contribution in [0.15, 0.2) is 15.9 Å². The lowest BCUT2D eigenvalue weighted by molar-refractivity contribution is 0.307. The van der Waals surface area contributed by atoms with Crippen molar-refractivity contribution in [3.63, 3.8) is 0 Å². The lowest BCUT2D eigenvalue weighted by atomic mass is 10.1. The van der Waals surface area contributed by atoms with Gasteiger partial charge in [-0.3, -0.25) is 4.90 Å². The maximum atomic E-state index is 6.07. The van der Waals surface area contributed by atoms with Gasteiger partial charge in [0.05, 0.1) is 6.04 Å². The molecule has 0 aliphatic carbocycles. The molecule has 0 aromatic carbocycles. The maximum Gasteiger partial charge on any atom is 0.0602 e. The number of rotatable bonds is 1. The van der Waals surface area contributed by atoms with Crippen LogP contribution in [-0.4, -0.2) is 24.5 Å². The fraction of sp³-hybridized carbons (Fsp3) is 0.556. The van der Waals surface area contributed by atoms with Crippen LogP contribution in [0.5, 0.6) is 0 Å². The molecule has 0 spiro atoms.